The van der Waals surface area contributed by atoms with E-state index >= 15 is 0 Å². The number of nitrogens with one attached hydrogen (secondary N) is 1. The first kappa shape index (κ1) is 15.3. The Morgan fingerprint density at radius 3 is 2.35 bits per heavy atom. The van der Waals surface area contributed by atoms with Crippen molar-refractivity contribution in [2.24, 2.45) is 5.92 Å². The van der Waals surface area contributed by atoms with Gasteiger partial charge in [-0.15, -0.1) is 0 Å². The van der Waals surface area contributed by atoms with E-state index in [1.54, 1.807) is 0 Å². The summed E-state index contributed by atoms with van der Waals surface area (Å²) < 4.78 is 53.3. The molecular weight excluding hydrogens is 286 g/mol. The second kappa shape index (κ2) is 6.15. The normalized spacial score (nSPS) is 18.4. The SMILES string of the molecule is CN1CCC(CNS(=O)(=O)c2c(F)cccc2F)CC1. The minimum Gasteiger partial charge on any atom is -0.306 e. The highest BCUT2D eigenvalue weighted by molar-refractivity contribution is 7.89. The maximum atomic E-state index is 13.5. The average Bonchev–Trinajstić information content (AvgIpc) is 2.37. The van der Waals surface area contributed by atoms with Crippen molar-refractivity contribution in [2.45, 2.75) is 17.7 Å². The van der Waals surface area contributed by atoms with Crippen molar-refractivity contribution < 1.29 is 17.2 Å². The van der Waals surface area contributed by atoms with Crippen LogP contribution < -0.4 is 4.72 Å². The summed E-state index contributed by atoms with van der Waals surface area (Å²) in [6.45, 7) is 2.02. The molecule has 1 N–H and O–H groups in total. The molecule has 1 aliphatic heterocycles. The predicted molar refractivity (Wildman–Crippen MR) is 71.8 cm³/mol. The molecule has 0 aromatic heterocycles. The molecular formula is C13H18F2N2O2S. The molecule has 1 aliphatic rings. The lowest BCUT2D eigenvalue weighted by molar-refractivity contribution is 0.220. The summed E-state index contributed by atoms with van der Waals surface area (Å²) in [6.07, 6.45) is 1.75. The predicted octanol–water partition coefficient (Wildman–Crippen LogP) is 1.58. The third kappa shape index (κ3) is 3.53. The van der Waals surface area contributed by atoms with Crippen LogP contribution in [-0.4, -0.2) is 40.0 Å². The molecule has 4 nitrogen and oxygen atoms in total. The molecule has 0 unspecified atom stereocenters. The molecule has 20 heavy (non-hydrogen) atoms. The van der Waals surface area contributed by atoms with Crippen LogP contribution in [0, 0.1) is 17.6 Å². The molecule has 0 aliphatic carbocycles. The number of rotatable bonds is 4. The minimum absolute atomic E-state index is 0.204. The Kier molecular flexibility index (Phi) is 4.72. The van der Waals surface area contributed by atoms with Crippen LogP contribution in [-0.2, 0) is 10.0 Å². The second-order valence-electron chi connectivity index (χ2n) is 5.15. The van der Waals surface area contributed by atoms with E-state index in [0.717, 1.165) is 44.1 Å². The number of hydrogen-bond acceptors (Lipinski definition) is 3. The summed E-state index contributed by atoms with van der Waals surface area (Å²) in [6, 6.07) is 3.01. The number of likely N-dealkylation sites (tertiary alicyclic amines) is 1. The number of sulfonamides is 1. The van der Waals surface area contributed by atoms with Gasteiger partial charge in [-0.2, -0.15) is 0 Å². The number of hydrogen-bond donors (Lipinski definition) is 1. The number of nitrogens with zero attached hydrogens (tertiary/aromatic N) is 1. The van der Waals surface area contributed by atoms with E-state index < -0.39 is 26.6 Å². The van der Waals surface area contributed by atoms with Gasteiger partial charge in [0.2, 0.25) is 10.0 Å². The zero-order valence-corrected chi connectivity index (χ0v) is 12.1. The highest BCUT2D eigenvalue weighted by Gasteiger charge is 2.25. The van der Waals surface area contributed by atoms with E-state index in [1.807, 2.05) is 7.05 Å². The summed E-state index contributed by atoms with van der Waals surface area (Å²) in [5.74, 6) is -1.93. The molecule has 1 fully saturated rings. The minimum atomic E-state index is -4.15. The Morgan fingerprint density at radius 2 is 1.80 bits per heavy atom. The van der Waals surface area contributed by atoms with Crippen LogP contribution in [0.25, 0.3) is 0 Å². The van der Waals surface area contributed by atoms with Gasteiger partial charge < -0.3 is 4.90 Å². The summed E-state index contributed by atoms with van der Waals surface area (Å²) in [5, 5.41) is 0. The van der Waals surface area contributed by atoms with Crippen LogP contribution >= 0.6 is 0 Å². The van der Waals surface area contributed by atoms with Gasteiger partial charge in [-0.3, -0.25) is 0 Å². The lowest BCUT2D eigenvalue weighted by Gasteiger charge is -2.28. The van der Waals surface area contributed by atoms with Crippen LogP contribution in [0.2, 0.25) is 0 Å². The van der Waals surface area contributed by atoms with Gasteiger partial charge in [0.15, 0.2) is 4.90 Å². The zero-order chi connectivity index (χ0) is 14.8. The highest BCUT2D eigenvalue weighted by atomic mass is 32.2. The molecule has 1 heterocycles. The smallest absolute Gasteiger partial charge is 0.246 e. The van der Waals surface area contributed by atoms with Gasteiger partial charge in [0.25, 0.3) is 0 Å². The van der Waals surface area contributed by atoms with Gasteiger partial charge in [0, 0.05) is 6.54 Å². The molecule has 0 atom stereocenters. The molecule has 0 bridgehead atoms. The fourth-order valence-corrected chi connectivity index (χ4v) is 3.55. The van der Waals surface area contributed by atoms with E-state index in [9.17, 15) is 17.2 Å². The molecule has 112 valence electrons. The first-order valence-corrected chi connectivity index (χ1v) is 8.00. The zero-order valence-electron chi connectivity index (χ0n) is 11.3. The van der Waals surface area contributed by atoms with Crippen molar-refractivity contribution in [3.8, 4) is 0 Å². The molecule has 2 rings (SSSR count). The lowest BCUT2D eigenvalue weighted by Crippen LogP contribution is -2.37. The highest BCUT2D eigenvalue weighted by Crippen LogP contribution is 2.20. The Bertz CT molecular complexity index is 549. The van der Waals surface area contributed by atoms with Crippen molar-refractivity contribution in [1.82, 2.24) is 9.62 Å². The van der Waals surface area contributed by atoms with Gasteiger partial charge in [-0.05, 0) is 51.0 Å². The van der Waals surface area contributed by atoms with Crippen LogP contribution in [0.1, 0.15) is 12.8 Å². The molecule has 0 saturated carbocycles. The van der Waals surface area contributed by atoms with Gasteiger partial charge in [-0.1, -0.05) is 6.07 Å². The third-order valence-electron chi connectivity index (χ3n) is 3.59. The van der Waals surface area contributed by atoms with Gasteiger partial charge >= 0.3 is 0 Å². The van der Waals surface area contributed by atoms with E-state index in [-0.39, 0.29) is 12.5 Å². The Balaban J connectivity index is 2.05. The summed E-state index contributed by atoms with van der Waals surface area (Å²) in [4.78, 5) is 1.27. The van der Waals surface area contributed by atoms with Crippen molar-refractivity contribution in [1.29, 1.82) is 0 Å². The maximum absolute atomic E-state index is 13.5. The average molecular weight is 304 g/mol. The van der Waals surface area contributed by atoms with Crippen molar-refractivity contribution in [3.63, 3.8) is 0 Å². The van der Waals surface area contributed by atoms with Crippen molar-refractivity contribution in [2.75, 3.05) is 26.7 Å². The number of benzene rings is 1. The Hall–Kier alpha value is -1.05. The topological polar surface area (TPSA) is 49.4 Å². The molecule has 7 heteroatoms. The summed E-state index contributed by atoms with van der Waals surface area (Å²) in [7, 11) is -2.14. The van der Waals surface area contributed by atoms with Crippen molar-refractivity contribution in [3.05, 3.63) is 29.8 Å². The maximum Gasteiger partial charge on any atom is 0.246 e. The van der Waals surface area contributed by atoms with E-state index in [2.05, 4.69) is 9.62 Å². The number of halogens is 2. The fourth-order valence-electron chi connectivity index (χ4n) is 2.31. The van der Waals surface area contributed by atoms with Crippen LogP contribution in [0.5, 0.6) is 0 Å². The molecule has 0 amide bonds. The molecule has 1 aromatic rings. The molecule has 0 spiro atoms. The van der Waals surface area contributed by atoms with Gasteiger partial charge in [0.1, 0.15) is 11.6 Å². The third-order valence-corrected chi connectivity index (χ3v) is 5.06. The van der Waals surface area contributed by atoms with E-state index in [0.29, 0.717) is 0 Å². The monoisotopic (exact) mass is 304 g/mol. The summed E-state index contributed by atoms with van der Waals surface area (Å²) >= 11 is 0. The Labute approximate surface area is 117 Å². The molecule has 1 aromatic carbocycles. The fraction of sp³-hybridized carbons (Fsp3) is 0.538. The lowest BCUT2D eigenvalue weighted by atomic mass is 9.98. The van der Waals surface area contributed by atoms with Crippen LogP contribution in [0.3, 0.4) is 0 Å². The first-order valence-electron chi connectivity index (χ1n) is 6.52. The van der Waals surface area contributed by atoms with Crippen LogP contribution in [0.4, 0.5) is 8.78 Å². The van der Waals surface area contributed by atoms with Crippen molar-refractivity contribution >= 4 is 10.0 Å². The molecule has 1 saturated heterocycles. The standard InChI is InChI=1S/C13H18F2N2O2S/c1-17-7-5-10(6-8-17)9-16-20(18,19)13-11(14)3-2-4-12(13)15/h2-4,10,16H,5-9H2,1H3. The summed E-state index contributed by atoms with van der Waals surface area (Å²) in [5.41, 5.74) is 0. The number of piperidine rings is 1. The largest absolute Gasteiger partial charge is 0.306 e. The van der Waals surface area contributed by atoms with Gasteiger partial charge in [-0.25, -0.2) is 21.9 Å². The van der Waals surface area contributed by atoms with Gasteiger partial charge in [0.05, 0.1) is 0 Å². The molecule has 0 radical (unpaired) electrons. The quantitative estimate of drug-likeness (QED) is 0.919. The van der Waals surface area contributed by atoms with E-state index in [4.69, 9.17) is 0 Å². The second-order valence-corrected chi connectivity index (χ2v) is 6.85. The first-order chi connectivity index (χ1) is 9.40. The Morgan fingerprint density at radius 1 is 1.25 bits per heavy atom. The van der Waals surface area contributed by atoms with E-state index in [1.165, 1.54) is 0 Å². The van der Waals surface area contributed by atoms with Crippen LogP contribution in [0.15, 0.2) is 23.1 Å².